The Kier molecular flexibility index (Phi) is 6.75. The van der Waals surface area contributed by atoms with Gasteiger partial charge in [0, 0.05) is 19.6 Å². The molecule has 2 rings (SSSR count). The second-order valence-corrected chi connectivity index (χ2v) is 6.20. The molecule has 26 heavy (non-hydrogen) atoms. The van der Waals surface area contributed by atoms with E-state index in [4.69, 9.17) is 5.11 Å². The predicted molar refractivity (Wildman–Crippen MR) is 91.4 cm³/mol. The third kappa shape index (κ3) is 5.33. The highest BCUT2D eigenvalue weighted by Crippen LogP contribution is 2.10. The van der Waals surface area contributed by atoms with Gasteiger partial charge in [0.15, 0.2) is 5.96 Å². The third-order valence-corrected chi connectivity index (χ3v) is 4.07. The molecular formula is C15H24N6O5. The predicted octanol–water partition coefficient (Wildman–Crippen LogP) is -1.93. The highest BCUT2D eigenvalue weighted by molar-refractivity contribution is 6.06. The van der Waals surface area contributed by atoms with Crippen LogP contribution in [0, 0.1) is 5.92 Å². The first-order valence-corrected chi connectivity index (χ1v) is 8.52. The van der Waals surface area contributed by atoms with Crippen molar-refractivity contribution in [3.63, 3.8) is 0 Å². The highest BCUT2D eigenvalue weighted by atomic mass is 16.4. The number of amides is 4. The average Bonchev–Trinajstić information content (AvgIpc) is 3.20. The second kappa shape index (κ2) is 9.02. The number of nitrogens with one attached hydrogen (secondary N) is 4. The van der Waals surface area contributed by atoms with Crippen LogP contribution in [0.3, 0.4) is 0 Å². The van der Waals surface area contributed by atoms with E-state index in [1.54, 1.807) is 0 Å². The van der Waals surface area contributed by atoms with Crippen LogP contribution in [0.5, 0.6) is 0 Å². The number of hydrogen-bond acceptors (Lipinski definition) is 7. The van der Waals surface area contributed by atoms with Gasteiger partial charge in [-0.3, -0.25) is 24.3 Å². The van der Waals surface area contributed by atoms with Gasteiger partial charge in [-0.05, 0) is 12.8 Å². The average molecular weight is 368 g/mol. The van der Waals surface area contributed by atoms with Crippen LogP contribution in [0.1, 0.15) is 19.8 Å². The van der Waals surface area contributed by atoms with Gasteiger partial charge in [0.05, 0.1) is 12.5 Å². The first-order chi connectivity index (χ1) is 12.4. The van der Waals surface area contributed by atoms with Crippen molar-refractivity contribution in [2.75, 3.05) is 32.7 Å². The minimum absolute atomic E-state index is 0.0646. The Morgan fingerprint density at radius 1 is 1.42 bits per heavy atom. The quantitative estimate of drug-likeness (QED) is 0.235. The Morgan fingerprint density at radius 2 is 2.19 bits per heavy atom. The summed E-state index contributed by atoms with van der Waals surface area (Å²) in [5, 5.41) is 19.9. The zero-order valence-electron chi connectivity index (χ0n) is 14.6. The molecule has 0 aliphatic carbocycles. The molecule has 0 saturated carbocycles. The first kappa shape index (κ1) is 19.5. The van der Waals surface area contributed by atoms with E-state index in [2.05, 4.69) is 26.3 Å². The van der Waals surface area contributed by atoms with Crippen molar-refractivity contribution in [1.29, 1.82) is 0 Å². The molecule has 0 aromatic rings. The molecule has 2 heterocycles. The Bertz CT molecular complexity index is 607. The molecule has 0 spiro atoms. The molecule has 0 radical (unpaired) electrons. The van der Waals surface area contributed by atoms with Crippen LogP contribution in [0.2, 0.25) is 0 Å². The molecule has 1 saturated heterocycles. The lowest BCUT2D eigenvalue weighted by molar-refractivity contribution is -0.141. The number of carboxylic acid groups (broad SMARTS) is 1. The summed E-state index contributed by atoms with van der Waals surface area (Å²) >= 11 is 0. The molecule has 11 heteroatoms. The van der Waals surface area contributed by atoms with E-state index >= 15 is 0 Å². The molecular weight excluding hydrogens is 344 g/mol. The summed E-state index contributed by atoms with van der Waals surface area (Å²) in [6.07, 6.45) is 1.09. The van der Waals surface area contributed by atoms with E-state index in [0.717, 1.165) is 23.9 Å². The molecule has 0 aromatic carbocycles. The van der Waals surface area contributed by atoms with Crippen molar-refractivity contribution < 1.29 is 24.3 Å². The van der Waals surface area contributed by atoms with Crippen LogP contribution >= 0.6 is 0 Å². The molecule has 0 aromatic heterocycles. The molecule has 144 valence electrons. The number of hydrogen-bond donors (Lipinski definition) is 5. The molecule has 11 nitrogen and oxygen atoms in total. The number of imide groups is 1. The van der Waals surface area contributed by atoms with Gasteiger partial charge in [0.1, 0.15) is 12.6 Å². The standard InChI is InChI=1S/C15H24N6O5/c1-9(13(24)25)7-19-11(22)8-21-12(23)10(20-15(21)26)3-2-4-16-14-17-5-6-18-14/h9-10H,2-8H2,1H3,(H,19,22)(H,20,26)(H,24,25)(H2,16,17,18)/t9-,10-/m0/s1. The number of guanidine groups is 1. The minimum Gasteiger partial charge on any atom is -0.481 e. The Labute approximate surface area is 150 Å². The van der Waals surface area contributed by atoms with E-state index in [9.17, 15) is 19.2 Å². The van der Waals surface area contributed by atoms with Crippen molar-refractivity contribution in [2.24, 2.45) is 10.9 Å². The molecule has 2 aliphatic rings. The van der Waals surface area contributed by atoms with Crippen LogP contribution in [-0.4, -0.2) is 78.5 Å². The van der Waals surface area contributed by atoms with Crippen molar-refractivity contribution >= 4 is 29.8 Å². The number of aliphatic imine (C=N–C) groups is 1. The Morgan fingerprint density at radius 3 is 2.85 bits per heavy atom. The number of rotatable bonds is 9. The largest absolute Gasteiger partial charge is 0.481 e. The van der Waals surface area contributed by atoms with Crippen LogP contribution in [0.25, 0.3) is 0 Å². The van der Waals surface area contributed by atoms with Gasteiger partial charge in [0.25, 0.3) is 5.91 Å². The van der Waals surface area contributed by atoms with Crippen LogP contribution in [0.4, 0.5) is 4.79 Å². The lowest BCUT2D eigenvalue weighted by Gasteiger charge is -2.14. The number of carboxylic acids is 1. The van der Waals surface area contributed by atoms with E-state index in [1.807, 2.05) is 0 Å². The SMILES string of the molecule is C[C@@H](CNC(=O)CN1C(=O)N[C@@H](CCCNC2=NCCN2)C1=O)C(=O)O. The number of carbonyl (C=O) groups is 4. The number of urea groups is 1. The monoisotopic (exact) mass is 368 g/mol. The minimum atomic E-state index is -1.03. The zero-order chi connectivity index (χ0) is 19.1. The number of nitrogens with zero attached hydrogens (tertiary/aromatic N) is 2. The third-order valence-electron chi connectivity index (χ3n) is 4.07. The highest BCUT2D eigenvalue weighted by Gasteiger charge is 2.38. The summed E-state index contributed by atoms with van der Waals surface area (Å²) in [5.41, 5.74) is 0. The molecule has 5 N–H and O–H groups in total. The maximum absolute atomic E-state index is 12.3. The summed E-state index contributed by atoms with van der Waals surface area (Å²) in [6, 6.07) is -1.27. The molecule has 0 unspecified atom stereocenters. The molecule has 1 fully saturated rings. The van der Waals surface area contributed by atoms with E-state index in [0.29, 0.717) is 19.4 Å². The van der Waals surface area contributed by atoms with Crippen molar-refractivity contribution in [2.45, 2.75) is 25.8 Å². The van der Waals surface area contributed by atoms with Gasteiger partial charge >= 0.3 is 12.0 Å². The Balaban J connectivity index is 1.71. The topological polar surface area (TPSA) is 152 Å². The maximum atomic E-state index is 12.3. The Hall–Kier alpha value is -2.85. The molecule has 2 aliphatic heterocycles. The summed E-state index contributed by atoms with van der Waals surface area (Å²) in [7, 11) is 0. The van der Waals surface area contributed by atoms with E-state index in [-0.39, 0.29) is 6.54 Å². The van der Waals surface area contributed by atoms with E-state index < -0.39 is 42.3 Å². The molecule has 2 atom stereocenters. The summed E-state index contributed by atoms with van der Waals surface area (Å²) < 4.78 is 0. The van der Waals surface area contributed by atoms with Gasteiger partial charge in [-0.1, -0.05) is 6.92 Å². The smallest absolute Gasteiger partial charge is 0.325 e. The van der Waals surface area contributed by atoms with Crippen LogP contribution in [-0.2, 0) is 14.4 Å². The summed E-state index contributed by atoms with van der Waals surface area (Å²) in [5.74, 6) is -2.07. The fourth-order valence-electron chi connectivity index (χ4n) is 2.51. The van der Waals surface area contributed by atoms with E-state index in [1.165, 1.54) is 6.92 Å². The molecule has 4 amide bonds. The van der Waals surface area contributed by atoms with Gasteiger partial charge in [-0.2, -0.15) is 0 Å². The van der Waals surface area contributed by atoms with Gasteiger partial charge in [-0.25, -0.2) is 4.79 Å². The number of aliphatic carboxylic acids is 1. The normalized spacial score (nSPS) is 20.3. The zero-order valence-corrected chi connectivity index (χ0v) is 14.6. The fourth-order valence-corrected chi connectivity index (χ4v) is 2.51. The van der Waals surface area contributed by atoms with Gasteiger partial charge < -0.3 is 26.4 Å². The summed E-state index contributed by atoms with van der Waals surface area (Å²) in [4.78, 5) is 51.7. The maximum Gasteiger partial charge on any atom is 0.325 e. The fraction of sp³-hybridized carbons (Fsp3) is 0.667. The van der Waals surface area contributed by atoms with Crippen molar-refractivity contribution in [1.82, 2.24) is 26.2 Å². The van der Waals surface area contributed by atoms with Crippen LogP contribution < -0.4 is 21.3 Å². The van der Waals surface area contributed by atoms with Gasteiger partial charge in [-0.15, -0.1) is 0 Å². The molecule has 0 bridgehead atoms. The lowest BCUT2D eigenvalue weighted by Crippen LogP contribution is -2.42. The summed E-state index contributed by atoms with van der Waals surface area (Å²) in [6.45, 7) is 3.12. The lowest BCUT2D eigenvalue weighted by atomic mass is 10.1. The second-order valence-electron chi connectivity index (χ2n) is 6.20. The first-order valence-electron chi connectivity index (χ1n) is 8.52. The van der Waals surface area contributed by atoms with Crippen molar-refractivity contribution in [3.8, 4) is 0 Å². The van der Waals surface area contributed by atoms with Gasteiger partial charge in [0.2, 0.25) is 5.91 Å². The van der Waals surface area contributed by atoms with Crippen molar-refractivity contribution in [3.05, 3.63) is 0 Å². The van der Waals surface area contributed by atoms with Crippen LogP contribution in [0.15, 0.2) is 4.99 Å². The number of carbonyl (C=O) groups excluding carboxylic acids is 3.